The third-order valence-electron chi connectivity index (χ3n) is 4.58. The first kappa shape index (κ1) is 26.2. The predicted molar refractivity (Wildman–Crippen MR) is 119 cm³/mol. The number of alkyl halides is 3. The molecule has 0 unspecified atom stereocenters. The van der Waals surface area contributed by atoms with Crippen LogP contribution in [0.5, 0.6) is 0 Å². The lowest BCUT2D eigenvalue weighted by Crippen LogP contribution is -2.47. The molecule has 0 aromatic heterocycles. The van der Waals surface area contributed by atoms with Crippen molar-refractivity contribution in [2.24, 2.45) is 10.9 Å². The fourth-order valence-corrected chi connectivity index (χ4v) is 4.18. The number of rotatable bonds is 6. The number of benzene rings is 1. The molecule has 12 heteroatoms. The predicted octanol–water partition coefficient (Wildman–Crippen LogP) is 3.23. The van der Waals surface area contributed by atoms with Crippen molar-refractivity contribution in [2.75, 3.05) is 33.2 Å². The fraction of sp³-hybridized carbons (Fsp3) is 0.588. The summed E-state index contributed by atoms with van der Waals surface area (Å²) in [5, 5.41) is 6.99. The molecule has 1 heterocycles. The smallest absolute Gasteiger partial charge is 0.356 e. The Labute approximate surface area is 191 Å². The van der Waals surface area contributed by atoms with Crippen LogP contribution in [0.3, 0.4) is 0 Å². The number of aliphatic imine (C=N–C) groups is 1. The minimum atomic E-state index is -5.24. The number of hydrogen-bond donors (Lipinski definition) is 2. The zero-order valence-corrected chi connectivity index (χ0v) is 19.8. The molecule has 0 spiro atoms. The molecule has 166 valence electrons. The van der Waals surface area contributed by atoms with Gasteiger partial charge in [0.2, 0.25) is 0 Å². The van der Waals surface area contributed by atoms with Gasteiger partial charge in [-0.15, -0.1) is 24.0 Å². The molecule has 0 aliphatic carbocycles. The molecule has 1 aromatic carbocycles. The molecular formula is C17H25ClF3IN4O2S. The summed E-state index contributed by atoms with van der Waals surface area (Å²) < 4.78 is 61.2. The van der Waals surface area contributed by atoms with Gasteiger partial charge in [0.1, 0.15) is 0 Å². The summed E-state index contributed by atoms with van der Waals surface area (Å²) in [4.78, 5) is 4.12. The largest absolute Gasteiger partial charge is 0.511 e. The molecule has 0 atom stereocenters. The quantitative estimate of drug-likeness (QED) is 0.314. The highest BCUT2D eigenvalue weighted by molar-refractivity contribution is 14.0. The first-order chi connectivity index (χ1) is 13.1. The van der Waals surface area contributed by atoms with E-state index in [0.717, 1.165) is 12.0 Å². The fourth-order valence-electron chi connectivity index (χ4n) is 2.98. The van der Waals surface area contributed by atoms with E-state index in [2.05, 4.69) is 15.6 Å². The lowest BCUT2D eigenvalue weighted by atomic mass is 9.98. The molecule has 0 bridgehead atoms. The average molecular weight is 569 g/mol. The first-order valence-corrected chi connectivity index (χ1v) is 10.7. The second-order valence-electron chi connectivity index (χ2n) is 6.55. The Balaban J connectivity index is 0.00000420. The third kappa shape index (κ3) is 7.76. The Hall–Kier alpha value is -0.790. The van der Waals surface area contributed by atoms with Gasteiger partial charge in [-0.1, -0.05) is 23.7 Å². The lowest BCUT2D eigenvalue weighted by Gasteiger charge is -2.31. The van der Waals surface area contributed by atoms with Gasteiger partial charge in [-0.25, -0.2) is 8.42 Å². The maximum Gasteiger partial charge on any atom is 0.511 e. The normalized spacial score (nSPS) is 16.9. The van der Waals surface area contributed by atoms with Crippen molar-refractivity contribution in [3.05, 3.63) is 34.9 Å². The van der Waals surface area contributed by atoms with Crippen LogP contribution in [-0.4, -0.2) is 57.4 Å². The third-order valence-corrected chi connectivity index (χ3v) is 6.45. The van der Waals surface area contributed by atoms with Crippen molar-refractivity contribution in [3.63, 3.8) is 0 Å². The minimum absolute atomic E-state index is 0. The molecule has 2 N–H and O–H groups in total. The highest BCUT2D eigenvalue weighted by Gasteiger charge is 2.50. The maximum atomic E-state index is 12.6. The van der Waals surface area contributed by atoms with Crippen LogP contribution in [0.4, 0.5) is 13.2 Å². The van der Waals surface area contributed by atoms with E-state index in [9.17, 15) is 21.6 Å². The molecule has 1 aliphatic rings. The number of nitrogens with zero attached hydrogens (tertiary/aromatic N) is 2. The standard InChI is InChI=1S/C17H24ClF3N4O2S.HI/c1-22-16(23-8-5-13-3-2-4-15(18)11-13)24-12-14-6-9-25(10-7-14)28(26,27)17(19,20)21;/h2-4,11,14H,5-10,12H2,1H3,(H2,22,23,24);1H. The molecule has 1 fully saturated rings. The van der Waals surface area contributed by atoms with Gasteiger partial charge < -0.3 is 10.6 Å². The Bertz CT molecular complexity index is 785. The number of halogens is 5. The van der Waals surface area contributed by atoms with E-state index in [-0.39, 0.29) is 43.0 Å². The van der Waals surface area contributed by atoms with E-state index in [1.807, 2.05) is 24.3 Å². The molecule has 1 aromatic rings. The summed E-state index contributed by atoms with van der Waals surface area (Å²) in [6.45, 7) is 0.892. The van der Waals surface area contributed by atoms with Crippen molar-refractivity contribution in [3.8, 4) is 0 Å². The topological polar surface area (TPSA) is 73.8 Å². The van der Waals surface area contributed by atoms with Gasteiger partial charge in [-0.3, -0.25) is 4.99 Å². The van der Waals surface area contributed by atoms with E-state index < -0.39 is 15.5 Å². The summed E-state index contributed by atoms with van der Waals surface area (Å²) in [5.41, 5.74) is -4.15. The van der Waals surface area contributed by atoms with Crippen molar-refractivity contribution < 1.29 is 21.6 Å². The molecule has 0 radical (unpaired) electrons. The molecule has 29 heavy (non-hydrogen) atoms. The highest BCUT2D eigenvalue weighted by Crippen LogP contribution is 2.30. The van der Waals surface area contributed by atoms with Gasteiger partial charge in [0.05, 0.1) is 0 Å². The summed E-state index contributed by atoms with van der Waals surface area (Å²) in [7, 11) is -3.60. The van der Waals surface area contributed by atoms with Gasteiger partial charge >= 0.3 is 15.5 Å². The van der Waals surface area contributed by atoms with E-state index in [1.165, 1.54) is 0 Å². The molecule has 0 amide bonds. The van der Waals surface area contributed by atoms with Crippen LogP contribution < -0.4 is 10.6 Å². The highest BCUT2D eigenvalue weighted by atomic mass is 127. The number of hydrogen-bond acceptors (Lipinski definition) is 3. The Kier molecular flexibility index (Phi) is 10.5. The molecule has 0 saturated carbocycles. The van der Waals surface area contributed by atoms with Crippen LogP contribution in [0.2, 0.25) is 5.02 Å². The SMILES string of the molecule is CN=C(NCCc1cccc(Cl)c1)NCC1CCN(S(=O)(=O)C(F)(F)F)CC1.I. The van der Waals surface area contributed by atoms with Gasteiger partial charge in [-0.2, -0.15) is 17.5 Å². The molecule has 1 saturated heterocycles. The van der Waals surface area contributed by atoms with Crippen LogP contribution in [0.25, 0.3) is 0 Å². The van der Waals surface area contributed by atoms with Crippen LogP contribution in [-0.2, 0) is 16.4 Å². The van der Waals surface area contributed by atoms with E-state index in [4.69, 9.17) is 11.6 Å². The Morgan fingerprint density at radius 1 is 1.28 bits per heavy atom. The number of guanidine groups is 1. The van der Waals surface area contributed by atoms with Crippen LogP contribution in [0.15, 0.2) is 29.3 Å². The number of nitrogens with one attached hydrogen (secondary N) is 2. The molecule has 1 aliphatic heterocycles. The van der Waals surface area contributed by atoms with Crippen molar-refractivity contribution in [2.45, 2.75) is 24.8 Å². The summed E-state index contributed by atoms with van der Waals surface area (Å²) in [6.07, 6.45) is 1.48. The van der Waals surface area contributed by atoms with Crippen LogP contribution >= 0.6 is 35.6 Å². The summed E-state index contributed by atoms with van der Waals surface area (Å²) in [5.74, 6) is 0.665. The van der Waals surface area contributed by atoms with Crippen molar-refractivity contribution in [1.29, 1.82) is 0 Å². The van der Waals surface area contributed by atoms with Crippen LogP contribution in [0.1, 0.15) is 18.4 Å². The van der Waals surface area contributed by atoms with Crippen molar-refractivity contribution >= 4 is 51.6 Å². The van der Waals surface area contributed by atoms with Gasteiger partial charge in [0, 0.05) is 38.2 Å². The van der Waals surface area contributed by atoms with Crippen molar-refractivity contribution in [1.82, 2.24) is 14.9 Å². The second kappa shape index (κ2) is 11.6. The average Bonchev–Trinajstić information content (AvgIpc) is 2.64. The molecular weight excluding hydrogens is 544 g/mol. The van der Waals surface area contributed by atoms with Crippen LogP contribution in [0, 0.1) is 5.92 Å². The van der Waals surface area contributed by atoms with E-state index in [1.54, 1.807) is 7.05 Å². The van der Waals surface area contributed by atoms with E-state index in [0.29, 0.717) is 41.2 Å². The maximum absolute atomic E-state index is 12.6. The molecule has 2 rings (SSSR count). The van der Waals surface area contributed by atoms with Gasteiger partial charge in [0.25, 0.3) is 0 Å². The molecule has 6 nitrogen and oxygen atoms in total. The Morgan fingerprint density at radius 2 is 1.93 bits per heavy atom. The lowest BCUT2D eigenvalue weighted by molar-refractivity contribution is -0.0496. The number of sulfonamides is 1. The zero-order chi connectivity index (χ0) is 20.8. The zero-order valence-electron chi connectivity index (χ0n) is 15.9. The first-order valence-electron chi connectivity index (χ1n) is 8.89. The monoisotopic (exact) mass is 568 g/mol. The summed E-state index contributed by atoms with van der Waals surface area (Å²) >= 11 is 5.95. The van der Waals surface area contributed by atoms with Gasteiger partial charge in [0.15, 0.2) is 5.96 Å². The number of piperidine rings is 1. The van der Waals surface area contributed by atoms with E-state index >= 15 is 0 Å². The van der Waals surface area contributed by atoms with Gasteiger partial charge in [-0.05, 0) is 42.9 Å². The summed E-state index contributed by atoms with van der Waals surface area (Å²) in [6, 6.07) is 7.56. The second-order valence-corrected chi connectivity index (χ2v) is 8.92. The Morgan fingerprint density at radius 3 is 2.48 bits per heavy atom. The minimum Gasteiger partial charge on any atom is -0.356 e.